The first-order valence-corrected chi connectivity index (χ1v) is 5.82. The molecular formula is C14H12ClIN2. The van der Waals surface area contributed by atoms with E-state index in [1.165, 1.54) is 5.56 Å². The van der Waals surface area contributed by atoms with Gasteiger partial charge < -0.3 is 4.40 Å². The third-order valence-electron chi connectivity index (χ3n) is 2.77. The summed E-state index contributed by atoms with van der Waals surface area (Å²) in [6.07, 6.45) is 4.01. The van der Waals surface area contributed by atoms with Crippen molar-refractivity contribution in [1.82, 2.24) is 9.38 Å². The van der Waals surface area contributed by atoms with Crippen LogP contribution >= 0.6 is 35.6 Å². The van der Waals surface area contributed by atoms with Crippen LogP contribution < -0.4 is 0 Å². The Kier molecular flexibility index (Phi) is 3.92. The Hall–Kier alpha value is -1.07. The maximum Gasteiger partial charge on any atom is 0.137 e. The molecule has 0 saturated heterocycles. The van der Waals surface area contributed by atoms with Crippen LogP contribution in [-0.2, 0) is 0 Å². The number of aryl methyl sites for hydroxylation is 1. The number of hydrogen-bond donors (Lipinski definition) is 0. The molecule has 0 bridgehead atoms. The summed E-state index contributed by atoms with van der Waals surface area (Å²) in [7, 11) is 0. The zero-order valence-electron chi connectivity index (χ0n) is 9.80. The lowest BCUT2D eigenvalue weighted by atomic mass is 10.2. The van der Waals surface area contributed by atoms with Gasteiger partial charge in [0.25, 0.3) is 0 Å². The van der Waals surface area contributed by atoms with Crippen LogP contribution in [0.4, 0.5) is 0 Å². The molecule has 4 heteroatoms. The minimum atomic E-state index is 0. The Morgan fingerprint density at radius 1 is 1.17 bits per heavy atom. The molecule has 1 aromatic carbocycles. The predicted octanol–water partition coefficient (Wildman–Crippen LogP) is 4.58. The fraction of sp³-hybridized carbons (Fsp3) is 0.0714. The average Bonchev–Trinajstić information content (AvgIpc) is 2.72. The van der Waals surface area contributed by atoms with Crippen LogP contribution in [0.25, 0.3) is 16.9 Å². The molecule has 3 aromatic rings. The highest BCUT2D eigenvalue weighted by atomic mass is 127. The highest BCUT2D eigenvalue weighted by molar-refractivity contribution is 14.0. The number of nitrogens with zero attached hydrogens (tertiary/aromatic N) is 2. The van der Waals surface area contributed by atoms with E-state index in [2.05, 4.69) is 24.0 Å². The van der Waals surface area contributed by atoms with Crippen molar-refractivity contribution in [3.8, 4) is 11.3 Å². The number of fused-ring (bicyclic) bond motifs is 1. The lowest BCUT2D eigenvalue weighted by Gasteiger charge is -1.97. The van der Waals surface area contributed by atoms with Gasteiger partial charge >= 0.3 is 0 Å². The van der Waals surface area contributed by atoms with E-state index in [0.29, 0.717) is 0 Å². The third kappa shape index (κ3) is 2.37. The van der Waals surface area contributed by atoms with Crippen molar-refractivity contribution in [3.05, 3.63) is 59.4 Å². The molecule has 0 amide bonds. The minimum absolute atomic E-state index is 0. The van der Waals surface area contributed by atoms with E-state index < -0.39 is 0 Å². The van der Waals surface area contributed by atoms with Crippen LogP contribution in [0.15, 0.2) is 48.8 Å². The predicted molar refractivity (Wildman–Crippen MR) is 85.8 cm³/mol. The van der Waals surface area contributed by atoms with Gasteiger partial charge in [0, 0.05) is 18.0 Å². The number of halogens is 2. The van der Waals surface area contributed by atoms with Crippen LogP contribution in [-0.4, -0.2) is 9.38 Å². The lowest BCUT2D eigenvalue weighted by Crippen LogP contribution is -1.81. The van der Waals surface area contributed by atoms with Crippen LogP contribution in [0.3, 0.4) is 0 Å². The first-order valence-electron chi connectivity index (χ1n) is 5.44. The SMILES string of the molecule is Cc1ccn2cc(-c3ccccc3Cl)nc2c1.I. The van der Waals surface area contributed by atoms with Crippen LogP contribution in [0.2, 0.25) is 5.02 Å². The molecule has 0 N–H and O–H groups in total. The number of rotatable bonds is 1. The Bertz CT molecular complexity index is 691. The molecule has 2 aromatic heterocycles. The zero-order chi connectivity index (χ0) is 11.8. The molecule has 92 valence electrons. The maximum atomic E-state index is 6.17. The van der Waals surface area contributed by atoms with Gasteiger partial charge in [-0.15, -0.1) is 24.0 Å². The van der Waals surface area contributed by atoms with Crippen molar-refractivity contribution in [2.45, 2.75) is 6.92 Å². The first kappa shape index (κ1) is 13.4. The van der Waals surface area contributed by atoms with E-state index in [4.69, 9.17) is 11.6 Å². The molecule has 0 aliphatic carbocycles. The topological polar surface area (TPSA) is 17.3 Å². The van der Waals surface area contributed by atoms with Gasteiger partial charge in [-0.25, -0.2) is 4.98 Å². The summed E-state index contributed by atoms with van der Waals surface area (Å²) in [5.74, 6) is 0. The summed E-state index contributed by atoms with van der Waals surface area (Å²) < 4.78 is 2.01. The first-order chi connectivity index (χ1) is 8.24. The summed E-state index contributed by atoms with van der Waals surface area (Å²) in [5.41, 5.74) is 4.02. The Balaban J connectivity index is 0.00000120. The van der Waals surface area contributed by atoms with E-state index in [1.807, 2.05) is 41.1 Å². The van der Waals surface area contributed by atoms with Crippen molar-refractivity contribution in [2.75, 3.05) is 0 Å². The van der Waals surface area contributed by atoms with Gasteiger partial charge in [0.05, 0.1) is 10.7 Å². The molecule has 0 spiro atoms. The monoisotopic (exact) mass is 370 g/mol. The van der Waals surface area contributed by atoms with Gasteiger partial charge in [-0.1, -0.05) is 29.8 Å². The van der Waals surface area contributed by atoms with E-state index in [1.54, 1.807) is 0 Å². The Labute approximate surface area is 128 Å². The van der Waals surface area contributed by atoms with Crippen molar-refractivity contribution in [1.29, 1.82) is 0 Å². The van der Waals surface area contributed by atoms with Crippen molar-refractivity contribution < 1.29 is 0 Å². The maximum absolute atomic E-state index is 6.17. The molecule has 0 saturated carbocycles. The second-order valence-electron chi connectivity index (χ2n) is 4.08. The Morgan fingerprint density at radius 2 is 1.94 bits per heavy atom. The summed E-state index contributed by atoms with van der Waals surface area (Å²) in [5, 5.41) is 0.729. The highest BCUT2D eigenvalue weighted by Gasteiger charge is 2.07. The summed E-state index contributed by atoms with van der Waals surface area (Å²) in [6.45, 7) is 2.06. The molecule has 0 aliphatic rings. The van der Waals surface area contributed by atoms with Crippen molar-refractivity contribution >= 4 is 41.2 Å². The molecular weight excluding hydrogens is 359 g/mol. The van der Waals surface area contributed by atoms with Crippen molar-refractivity contribution in [2.24, 2.45) is 0 Å². The second-order valence-corrected chi connectivity index (χ2v) is 4.48. The van der Waals surface area contributed by atoms with Gasteiger partial charge in [0.2, 0.25) is 0 Å². The number of hydrogen-bond acceptors (Lipinski definition) is 1. The van der Waals surface area contributed by atoms with E-state index in [9.17, 15) is 0 Å². The van der Waals surface area contributed by atoms with Crippen LogP contribution in [0, 0.1) is 6.92 Å². The van der Waals surface area contributed by atoms with Gasteiger partial charge in [-0.3, -0.25) is 0 Å². The summed E-state index contributed by atoms with van der Waals surface area (Å²) in [4.78, 5) is 4.58. The minimum Gasteiger partial charge on any atom is -0.306 e. The standard InChI is InChI=1S/C14H11ClN2.HI/c1-10-6-7-17-9-13(16-14(17)8-10)11-4-2-3-5-12(11)15;/h2-9H,1H3;1H. The normalized spacial score (nSPS) is 10.3. The van der Waals surface area contributed by atoms with Gasteiger partial charge in [-0.05, 0) is 30.7 Å². The average molecular weight is 371 g/mol. The Morgan fingerprint density at radius 3 is 2.72 bits per heavy atom. The molecule has 2 heterocycles. The van der Waals surface area contributed by atoms with E-state index in [0.717, 1.165) is 21.9 Å². The van der Waals surface area contributed by atoms with E-state index in [-0.39, 0.29) is 24.0 Å². The smallest absolute Gasteiger partial charge is 0.137 e. The van der Waals surface area contributed by atoms with Crippen LogP contribution in [0.1, 0.15) is 5.56 Å². The van der Waals surface area contributed by atoms with E-state index >= 15 is 0 Å². The molecule has 2 nitrogen and oxygen atoms in total. The zero-order valence-corrected chi connectivity index (χ0v) is 12.9. The largest absolute Gasteiger partial charge is 0.306 e. The molecule has 0 unspecified atom stereocenters. The summed E-state index contributed by atoms with van der Waals surface area (Å²) in [6, 6.07) is 11.9. The quantitative estimate of drug-likeness (QED) is 0.573. The fourth-order valence-electron chi connectivity index (χ4n) is 1.88. The third-order valence-corrected chi connectivity index (χ3v) is 3.10. The van der Waals surface area contributed by atoms with Gasteiger partial charge in [0.1, 0.15) is 5.65 Å². The molecule has 0 radical (unpaired) electrons. The second kappa shape index (κ2) is 5.28. The summed E-state index contributed by atoms with van der Waals surface area (Å²) >= 11 is 6.17. The van der Waals surface area contributed by atoms with Gasteiger partial charge in [0.15, 0.2) is 0 Å². The molecule has 0 atom stereocenters. The molecule has 3 rings (SSSR count). The molecule has 0 aliphatic heterocycles. The molecule has 18 heavy (non-hydrogen) atoms. The van der Waals surface area contributed by atoms with Crippen molar-refractivity contribution in [3.63, 3.8) is 0 Å². The number of pyridine rings is 1. The highest BCUT2D eigenvalue weighted by Crippen LogP contribution is 2.26. The van der Waals surface area contributed by atoms with Gasteiger partial charge in [-0.2, -0.15) is 0 Å². The van der Waals surface area contributed by atoms with Crippen LogP contribution in [0.5, 0.6) is 0 Å². The molecule has 0 fully saturated rings. The number of benzene rings is 1. The lowest BCUT2D eigenvalue weighted by molar-refractivity contribution is 1.17. The number of imidazole rings is 1. The number of aromatic nitrogens is 2. The fourth-order valence-corrected chi connectivity index (χ4v) is 2.11.